The molecule has 1 rings (SSSR count). The summed E-state index contributed by atoms with van der Waals surface area (Å²) in [4.78, 5) is 37.7. The molecule has 0 aromatic carbocycles. The molecule has 1 aliphatic rings. The number of ether oxygens (including phenoxy) is 1. The summed E-state index contributed by atoms with van der Waals surface area (Å²) in [6.45, 7) is 1.46. The first kappa shape index (κ1) is 13.6. The van der Waals surface area contributed by atoms with E-state index < -0.39 is 23.2 Å². The Bertz CT molecular complexity index is 392. The van der Waals surface area contributed by atoms with Gasteiger partial charge in [-0.05, 0) is 18.7 Å². The first-order valence-electron chi connectivity index (χ1n) is 4.90. The first-order chi connectivity index (χ1) is 7.88. The Balaban J connectivity index is 2.94. The number of nitrogens with zero attached hydrogens (tertiary/aromatic N) is 2. The lowest BCUT2D eigenvalue weighted by molar-refractivity contribution is -0.148. The Kier molecular flexibility index (Phi) is 4.17. The van der Waals surface area contributed by atoms with Gasteiger partial charge in [0.1, 0.15) is 6.04 Å². The van der Waals surface area contributed by atoms with Gasteiger partial charge in [-0.15, -0.1) is 0 Å². The zero-order chi connectivity index (χ0) is 13.2. The normalized spacial score (nSPS) is 19.8. The quantitative estimate of drug-likeness (QED) is 0.547. The maximum absolute atomic E-state index is 11.9. The fraction of sp³-hybridized carbons (Fsp3) is 0.500. The first-order valence-corrected chi connectivity index (χ1v) is 5.71. The zero-order valence-corrected chi connectivity index (χ0v) is 10.9. The van der Waals surface area contributed by atoms with Crippen molar-refractivity contribution in [3.05, 3.63) is 11.1 Å². The molecule has 17 heavy (non-hydrogen) atoms. The second kappa shape index (κ2) is 5.22. The van der Waals surface area contributed by atoms with Crippen molar-refractivity contribution in [2.75, 3.05) is 21.2 Å². The third kappa shape index (κ3) is 2.79. The van der Waals surface area contributed by atoms with Crippen molar-refractivity contribution in [2.24, 2.45) is 0 Å². The van der Waals surface area contributed by atoms with Crippen LogP contribution in [0.4, 0.5) is 4.79 Å². The minimum absolute atomic E-state index is 0.302. The van der Waals surface area contributed by atoms with Crippen LogP contribution < -0.4 is 0 Å². The van der Waals surface area contributed by atoms with Crippen molar-refractivity contribution in [1.29, 1.82) is 0 Å². The number of thioether (sulfide) groups is 1. The topological polar surface area (TPSA) is 66.9 Å². The number of carbonyl (C=O) groups excluding carboxylic acids is 3. The second-order valence-electron chi connectivity index (χ2n) is 3.70. The van der Waals surface area contributed by atoms with Gasteiger partial charge in [0.15, 0.2) is 0 Å². The molecule has 0 N–H and O–H groups in total. The summed E-state index contributed by atoms with van der Waals surface area (Å²) in [6.07, 6.45) is 1.55. The monoisotopic (exact) mass is 258 g/mol. The number of imide groups is 1. The largest absolute Gasteiger partial charge is 0.467 e. The number of hydrogen-bond donors (Lipinski definition) is 0. The lowest BCUT2D eigenvalue weighted by atomic mass is 10.3. The van der Waals surface area contributed by atoms with Crippen LogP contribution in [0.3, 0.4) is 0 Å². The van der Waals surface area contributed by atoms with Crippen LogP contribution in [0.25, 0.3) is 0 Å². The van der Waals surface area contributed by atoms with Crippen molar-refractivity contribution >= 4 is 28.9 Å². The molecule has 6 nitrogen and oxygen atoms in total. The van der Waals surface area contributed by atoms with Crippen molar-refractivity contribution in [1.82, 2.24) is 9.80 Å². The van der Waals surface area contributed by atoms with E-state index in [4.69, 9.17) is 0 Å². The van der Waals surface area contributed by atoms with Crippen LogP contribution in [-0.4, -0.2) is 54.2 Å². The van der Waals surface area contributed by atoms with Crippen LogP contribution in [0.5, 0.6) is 0 Å². The molecular formula is C10H14N2O4S. The van der Waals surface area contributed by atoms with Gasteiger partial charge in [0.05, 0.1) is 12.0 Å². The summed E-state index contributed by atoms with van der Waals surface area (Å²) in [6, 6.07) is -0.902. The van der Waals surface area contributed by atoms with Crippen LogP contribution in [0.2, 0.25) is 0 Å². The maximum atomic E-state index is 11.9. The van der Waals surface area contributed by atoms with E-state index in [1.54, 1.807) is 25.2 Å². The van der Waals surface area contributed by atoms with Crippen LogP contribution in [0, 0.1) is 0 Å². The predicted molar refractivity (Wildman–Crippen MR) is 63.1 cm³/mol. The van der Waals surface area contributed by atoms with Gasteiger partial charge in [-0.2, -0.15) is 0 Å². The Hall–Kier alpha value is -1.50. The average Bonchev–Trinajstić information content (AvgIpc) is 2.51. The molecule has 1 heterocycles. The number of amides is 2. The summed E-state index contributed by atoms with van der Waals surface area (Å²) in [5.41, 5.74) is 0. The molecule has 7 heteroatoms. The van der Waals surface area contributed by atoms with Crippen LogP contribution in [-0.2, 0) is 14.3 Å². The third-order valence-corrected chi connectivity index (χ3v) is 3.00. The van der Waals surface area contributed by atoms with Gasteiger partial charge in [0.25, 0.3) is 11.1 Å². The average molecular weight is 258 g/mol. The van der Waals surface area contributed by atoms with Crippen LogP contribution in [0.1, 0.15) is 6.92 Å². The summed E-state index contributed by atoms with van der Waals surface area (Å²) in [7, 11) is 4.71. The molecule has 94 valence electrons. The van der Waals surface area contributed by atoms with E-state index in [9.17, 15) is 14.4 Å². The SMILES string of the molecule is COC(=O)C(C)N1C(=O)S/C(=C\N(C)C)C1=O. The molecule has 1 aliphatic heterocycles. The second-order valence-corrected chi connectivity index (χ2v) is 4.69. The molecule has 0 spiro atoms. The summed E-state index contributed by atoms with van der Waals surface area (Å²) in [5.74, 6) is -1.08. The van der Waals surface area contributed by atoms with E-state index in [1.807, 2.05) is 0 Å². The standard InChI is InChI=1S/C10H14N2O4S/c1-6(9(14)16-4)12-8(13)7(5-11(2)3)17-10(12)15/h5-6H,1-4H3/b7-5-. The Labute approximate surface area is 104 Å². The van der Waals surface area contributed by atoms with E-state index in [0.29, 0.717) is 4.91 Å². The highest BCUT2D eigenvalue weighted by molar-refractivity contribution is 8.18. The predicted octanol–water partition coefficient (Wildman–Crippen LogP) is 0.646. The summed E-state index contributed by atoms with van der Waals surface area (Å²) < 4.78 is 4.51. The van der Waals surface area contributed by atoms with Gasteiger partial charge in [-0.25, -0.2) is 4.79 Å². The smallest absolute Gasteiger partial charge is 0.328 e. The minimum Gasteiger partial charge on any atom is -0.467 e. The van der Waals surface area contributed by atoms with Gasteiger partial charge < -0.3 is 9.64 Å². The zero-order valence-electron chi connectivity index (χ0n) is 10.1. The van der Waals surface area contributed by atoms with Crippen molar-refractivity contribution in [3.63, 3.8) is 0 Å². The lowest BCUT2D eigenvalue weighted by Crippen LogP contribution is -2.42. The molecule has 2 amide bonds. The Morgan fingerprint density at radius 2 is 2.06 bits per heavy atom. The highest BCUT2D eigenvalue weighted by Crippen LogP contribution is 2.32. The van der Waals surface area contributed by atoms with Crippen LogP contribution >= 0.6 is 11.8 Å². The Morgan fingerprint density at radius 1 is 1.47 bits per heavy atom. The Morgan fingerprint density at radius 3 is 2.53 bits per heavy atom. The van der Waals surface area contributed by atoms with E-state index >= 15 is 0 Å². The van der Waals surface area contributed by atoms with Gasteiger partial charge >= 0.3 is 5.97 Å². The number of methoxy groups -OCH3 is 1. The summed E-state index contributed by atoms with van der Waals surface area (Å²) >= 11 is 0.815. The molecule has 1 atom stereocenters. The molecule has 0 saturated carbocycles. The van der Waals surface area contributed by atoms with Gasteiger partial charge in [-0.1, -0.05) is 0 Å². The molecule has 0 radical (unpaired) electrons. The third-order valence-electron chi connectivity index (χ3n) is 2.13. The van der Waals surface area contributed by atoms with Crippen molar-refractivity contribution in [2.45, 2.75) is 13.0 Å². The molecule has 0 aliphatic carbocycles. The highest BCUT2D eigenvalue weighted by Gasteiger charge is 2.41. The fourth-order valence-corrected chi connectivity index (χ4v) is 2.29. The van der Waals surface area contributed by atoms with E-state index in [0.717, 1.165) is 16.7 Å². The molecule has 1 fully saturated rings. The van der Waals surface area contributed by atoms with Gasteiger partial charge in [0, 0.05) is 20.3 Å². The lowest BCUT2D eigenvalue weighted by Gasteiger charge is -2.18. The number of rotatable bonds is 3. The van der Waals surface area contributed by atoms with Gasteiger partial charge in [0.2, 0.25) is 0 Å². The molecule has 1 unspecified atom stereocenters. The van der Waals surface area contributed by atoms with Gasteiger partial charge in [-0.3, -0.25) is 14.5 Å². The minimum atomic E-state index is -0.902. The molecule has 0 aromatic rings. The molecule has 0 aromatic heterocycles. The van der Waals surface area contributed by atoms with E-state index in [2.05, 4.69) is 4.74 Å². The number of esters is 1. The molecular weight excluding hydrogens is 244 g/mol. The molecule has 0 bridgehead atoms. The summed E-state index contributed by atoms with van der Waals surface area (Å²) in [5, 5.41) is -0.457. The number of carbonyl (C=O) groups is 3. The van der Waals surface area contributed by atoms with Crippen molar-refractivity contribution in [3.8, 4) is 0 Å². The number of hydrogen-bond acceptors (Lipinski definition) is 6. The van der Waals surface area contributed by atoms with E-state index in [1.165, 1.54) is 14.0 Å². The maximum Gasteiger partial charge on any atom is 0.328 e. The van der Waals surface area contributed by atoms with E-state index in [-0.39, 0.29) is 0 Å². The fourth-order valence-electron chi connectivity index (χ4n) is 1.31. The van der Waals surface area contributed by atoms with Crippen molar-refractivity contribution < 1.29 is 19.1 Å². The highest BCUT2D eigenvalue weighted by atomic mass is 32.2. The molecule has 1 saturated heterocycles. The van der Waals surface area contributed by atoms with Crippen LogP contribution in [0.15, 0.2) is 11.1 Å².